The summed E-state index contributed by atoms with van der Waals surface area (Å²) in [6.45, 7) is 3.47. The summed E-state index contributed by atoms with van der Waals surface area (Å²) in [7, 11) is 0. The van der Waals surface area contributed by atoms with Crippen molar-refractivity contribution in [1.29, 1.82) is 0 Å². The fourth-order valence-electron chi connectivity index (χ4n) is 4.00. The van der Waals surface area contributed by atoms with Crippen LogP contribution in [0.25, 0.3) is 5.57 Å². The van der Waals surface area contributed by atoms with Gasteiger partial charge in [0, 0.05) is 25.3 Å². The Kier molecular flexibility index (Phi) is 3.91. The van der Waals surface area contributed by atoms with E-state index in [0.717, 1.165) is 25.1 Å². The molecular formula is C19H22N2O2S. The number of fused-ring (bicyclic) bond motifs is 1. The molecule has 126 valence electrons. The van der Waals surface area contributed by atoms with Gasteiger partial charge in [0.05, 0.1) is 4.87 Å². The highest BCUT2D eigenvalue weighted by Crippen LogP contribution is 2.47. The van der Waals surface area contributed by atoms with E-state index in [-0.39, 0.29) is 22.7 Å². The molecule has 1 aromatic rings. The van der Waals surface area contributed by atoms with Crippen molar-refractivity contribution in [3.8, 4) is 0 Å². The van der Waals surface area contributed by atoms with Gasteiger partial charge in [-0.25, -0.2) is 0 Å². The molecule has 2 saturated heterocycles. The Bertz CT molecular complexity index is 703. The van der Waals surface area contributed by atoms with Gasteiger partial charge in [0.1, 0.15) is 6.04 Å². The molecule has 2 atom stereocenters. The third kappa shape index (κ3) is 2.55. The molecule has 3 aliphatic rings. The highest BCUT2D eigenvalue weighted by molar-refractivity contribution is 8.01. The number of benzene rings is 1. The van der Waals surface area contributed by atoms with Crippen LogP contribution in [-0.4, -0.2) is 51.4 Å². The Morgan fingerprint density at radius 2 is 2.04 bits per heavy atom. The van der Waals surface area contributed by atoms with E-state index in [1.54, 1.807) is 11.8 Å². The number of thioether (sulfide) groups is 1. The lowest BCUT2D eigenvalue weighted by molar-refractivity contribution is -0.143. The lowest BCUT2D eigenvalue weighted by atomic mass is 9.99. The van der Waals surface area contributed by atoms with Gasteiger partial charge in [-0.1, -0.05) is 36.4 Å². The molecule has 0 aromatic heterocycles. The minimum absolute atomic E-state index is 0.116. The van der Waals surface area contributed by atoms with Crippen molar-refractivity contribution in [2.24, 2.45) is 0 Å². The summed E-state index contributed by atoms with van der Waals surface area (Å²) in [4.78, 5) is 28.8. The first-order valence-corrected chi connectivity index (χ1v) is 9.56. The molecule has 24 heavy (non-hydrogen) atoms. The van der Waals surface area contributed by atoms with Crippen LogP contribution >= 0.6 is 11.8 Å². The van der Waals surface area contributed by atoms with Gasteiger partial charge in [-0.2, -0.15) is 0 Å². The summed E-state index contributed by atoms with van der Waals surface area (Å²) in [6, 6.07) is 10.1. The molecule has 2 fully saturated rings. The molecule has 4 nitrogen and oxygen atoms in total. The maximum absolute atomic E-state index is 13.0. The third-order valence-electron chi connectivity index (χ3n) is 5.40. The van der Waals surface area contributed by atoms with Crippen LogP contribution in [0.4, 0.5) is 0 Å². The summed E-state index contributed by atoms with van der Waals surface area (Å²) in [5.41, 5.74) is 2.55. The predicted octanol–water partition coefficient (Wildman–Crippen LogP) is 2.76. The molecule has 0 bridgehead atoms. The first-order valence-electron chi connectivity index (χ1n) is 8.58. The van der Waals surface area contributed by atoms with Gasteiger partial charge in [-0.05, 0) is 30.9 Å². The van der Waals surface area contributed by atoms with E-state index in [1.165, 1.54) is 11.1 Å². The van der Waals surface area contributed by atoms with Gasteiger partial charge >= 0.3 is 0 Å². The van der Waals surface area contributed by atoms with Crippen LogP contribution < -0.4 is 0 Å². The number of amides is 2. The Morgan fingerprint density at radius 1 is 1.25 bits per heavy atom. The third-order valence-corrected chi connectivity index (χ3v) is 6.90. The van der Waals surface area contributed by atoms with E-state index in [4.69, 9.17) is 0 Å². The van der Waals surface area contributed by atoms with Gasteiger partial charge in [-0.15, -0.1) is 11.8 Å². The van der Waals surface area contributed by atoms with Gasteiger partial charge < -0.3 is 9.80 Å². The van der Waals surface area contributed by atoms with E-state index < -0.39 is 0 Å². The minimum atomic E-state index is -0.276. The van der Waals surface area contributed by atoms with Crippen LogP contribution in [0.15, 0.2) is 36.4 Å². The number of hydrogen-bond donors (Lipinski definition) is 0. The molecule has 3 heterocycles. The number of carbonyl (C=O) groups excluding carboxylic acids is 2. The molecule has 5 heteroatoms. The second-order valence-corrected chi connectivity index (χ2v) is 8.40. The summed E-state index contributed by atoms with van der Waals surface area (Å²) < 4.78 is 0. The van der Waals surface area contributed by atoms with Crippen LogP contribution in [0.1, 0.15) is 31.7 Å². The topological polar surface area (TPSA) is 40.6 Å². The smallest absolute Gasteiger partial charge is 0.246 e. The van der Waals surface area contributed by atoms with Gasteiger partial charge in [0.2, 0.25) is 11.8 Å². The number of hydrogen-bond acceptors (Lipinski definition) is 3. The van der Waals surface area contributed by atoms with Crippen molar-refractivity contribution in [3.05, 3.63) is 42.0 Å². The zero-order valence-electron chi connectivity index (χ0n) is 13.9. The molecular weight excluding hydrogens is 320 g/mol. The largest absolute Gasteiger partial charge is 0.337 e. The second kappa shape index (κ2) is 5.96. The SMILES string of the molecule is C[C@]12CCC(=O)N1[C@H](C(=O)N1CC=C(c3ccccc3)CC1)CS2. The lowest BCUT2D eigenvalue weighted by Gasteiger charge is -2.34. The van der Waals surface area contributed by atoms with E-state index >= 15 is 0 Å². The van der Waals surface area contributed by atoms with Crippen molar-refractivity contribution in [2.75, 3.05) is 18.8 Å². The number of rotatable bonds is 2. The average Bonchev–Trinajstić information content (AvgIpc) is 3.11. The Balaban J connectivity index is 1.47. The molecule has 0 radical (unpaired) electrons. The molecule has 3 aliphatic heterocycles. The molecule has 2 amide bonds. The van der Waals surface area contributed by atoms with Crippen LogP contribution in [0.3, 0.4) is 0 Å². The maximum atomic E-state index is 13.0. The Hall–Kier alpha value is -1.75. The van der Waals surface area contributed by atoms with Crippen LogP contribution in [-0.2, 0) is 9.59 Å². The summed E-state index contributed by atoms with van der Waals surface area (Å²) >= 11 is 1.76. The van der Waals surface area contributed by atoms with Gasteiger partial charge in [-0.3, -0.25) is 9.59 Å². The fourth-order valence-corrected chi connectivity index (χ4v) is 5.42. The van der Waals surface area contributed by atoms with Gasteiger partial charge in [0.15, 0.2) is 0 Å². The Labute approximate surface area is 146 Å². The predicted molar refractivity (Wildman–Crippen MR) is 96.3 cm³/mol. The van der Waals surface area contributed by atoms with Crippen molar-refractivity contribution in [1.82, 2.24) is 9.80 Å². The highest BCUT2D eigenvalue weighted by atomic mass is 32.2. The maximum Gasteiger partial charge on any atom is 0.246 e. The van der Waals surface area contributed by atoms with E-state index in [1.807, 2.05) is 28.0 Å². The van der Waals surface area contributed by atoms with Gasteiger partial charge in [0.25, 0.3) is 0 Å². The van der Waals surface area contributed by atoms with Crippen LogP contribution in [0, 0.1) is 0 Å². The van der Waals surface area contributed by atoms with Crippen LogP contribution in [0.5, 0.6) is 0 Å². The summed E-state index contributed by atoms with van der Waals surface area (Å²) in [5.74, 6) is 0.982. The summed E-state index contributed by atoms with van der Waals surface area (Å²) in [6.07, 6.45) is 4.47. The number of carbonyl (C=O) groups is 2. The molecule has 4 rings (SSSR count). The number of nitrogens with zero attached hydrogens (tertiary/aromatic N) is 2. The monoisotopic (exact) mass is 342 g/mol. The molecule has 1 aromatic carbocycles. The van der Waals surface area contributed by atoms with Crippen molar-refractivity contribution in [2.45, 2.75) is 37.1 Å². The Morgan fingerprint density at radius 3 is 2.75 bits per heavy atom. The molecule has 0 saturated carbocycles. The van der Waals surface area contributed by atoms with Crippen LogP contribution in [0.2, 0.25) is 0 Å². The second-order valence-electron chi connectivity index (χ2n) is 6.90. The van der Waals surface area contributed by atoms with Crippen molar-refractivity contribution < 1.29 is 9.59 Å². The molecule has 0 aliphatic carbocycles. The first kappa shape index (κ1) is 15.8. The van der Waals surface area contributed by atoms with Crippen molar-refractivity contribution in [3.63, 3.8) is 0 Å². The van der Waals surface area contributed by atoms with E-state index in [2.05, 4.69) is 25.1 Å². The zero-order valence-corrected chi connectivity index (χ0v) is 14.7. The normalized spacial score (nSPS) is 29.6. The quantitative estimate of drug-likeness (QED) is 0.830. The standard InChI is InChI=1S/C19H22N2O2S/c1-19-10-7-17(22)21(19)16(13-24-19)18(23)20-11-8-15(9-12-20)14-5-3-2-4-6-14/h2-6,8,16H,7,9-13H2,1H3/t16-,19-/m0/s1. The van der Waals surface area contributed by atoms with Crippen molar-refractivity contribution >= 4 is 29.1 Å². The summed E-state index contributed by atoms with van der Waals surface area (Å²) in [5, 5.41) is 0. The van der Waals surface area contributed by atoms with E-state index in [0.29, 0.717) is 13.0 Å². The van der Waals surface area contributed by atoms with E-state index in [9.17, 15) is 9.59 Å². The fraction of sp³-hybridized carbons (Fsp3) is 0.474. The minimum Gasteiger partial charge on any atom is -0.337 e. The zero-order chi connectivity index (χ0) is 16.7. The first-order chi connectivity index (χ1) is 11.6. The molecule has 0 N–H and O–H groups in total. The molecule has 0 spiro atoms. The lowest BCUT2D eigenvalue weighted by Crippen LogP contribution is -2.52. The molecule has 0 unspecified atom stereocenters. The average molecular weight is 342 g/mol. The highest BCUT2D eigenvalue weighted by Gasteiger charge is 2.53.